The van der Waals surface area contributed by atoms with Gasteiger partial charge in [0.05, 0.1) is 17.8 Å². The fourth-order valence-electron chi connectivity index (χ4n) is 3.46. The van der Waals surface area contributed by atoms with Crippen LogP contribution in [0.15, 0.2) is 30.5 Å². The number of pyridine rings is 1. The quantitative estimate of drug-likeness (QED) is 0.871. The Balaban J connectivity index is 1.84. The largest absolute Gasteiger partial charge is 0.342 e. The first-order chi connectivity index (χ1) is 11.1. The molecule has 0 aliphatic carbocycles. The molecule has 4 nitrogen and oxygen atoms in total. The van der Waals surface area contributed by atoms with Gasteiger partial charge < -0.3 is 9.47 Å². The minimum Gasteiger partial charge on any atom is -0.342 e. The summed E-state index contributed by atoms with van der Waals surface area (Å²) in [5.74, 6) is 0.779. The number of aromatic nitrogens is 2. The molecule has 1 unspecified atom stereocenters. The molecule has 3 heterocycles. The summed E-state index contributed by atoms with van der Waals surface area (Å²) in [6.07, 6.45) is 4.15. The van der Waals surface area contributed by atoms with E-state index in [9.17, 15) is 4.79 Å². The second-order valence-corrected chi connectivity index (χ2v) is 6.69. The lowest BCUT2D eigenvalue weighted by Gasteiger charge is -2.31. The van der Waals surface area contributed by atoms with E-state index in [1.165, 1.54) is 6.42 Å². The minimum absolute atomic E-state index is 0.178. The van der Waals surface area contributed by atoms with Crippen molar-refractivity contribution in [1.82, 2.24) is 14.5 Å². The molecule has 2 aromatic heterocycles. The second-order valence-electron chi connectivity index (χ2n) is 6.69. The number of piperidine rings is 1. The van der Waals surface area contributed by atoms with Crippen molar-refractivity contribution in [1.29, 1.82) is 0 Å². The van der Waals surface area contributed by atoms with E-state index in [1.807, 2.05) is 42.3 Å². The summed E-state index contributed by atoms with van der Waals surface area (Å²) >= 11 is 0. The minimum atomic E-state index is 0.178. The SMILES string of the molecule is Cc1cc(C(=O)N2CCCC(C)C2)c(C)n1Cc1ccccn1. The molecule has 0 N–H and O–H groups in total. The number of hydrogen-bond donors (Lipinski definition) is 0. The molecule has 0 spiro atoms. The molecule has 0 aromatic carbocycles. The Morgan fingerprint density at radius 1 is 1.35 bits per heavy atom. The highest BCUT2D eigenvalue weighted by molar-refractivity contribution is 5.95. The van der Waals surface area contributed by atoms with E-state index in [0.29, 0.717) is 12.5 Å². The van der Waals surface area contributed by atoms with Crippen LogP contribution in [0.25, 0.3) is 0 Å². The standard InChI is InChI=1S/C19H25N3O/c1-14-7-6-10-21(12-14)19(23)18-11-15(2)22(16(18)3)13-17-8-4-5-9-20-17/h4-5,8-9,11,14H,6-7,10,12-13H2,1-3H3. The summed E-state index contributed by atoms with van der Waals surface area (Å²) in [5, 5.41) is 0. The van der Waals surface area contributed by atoms with Crippen molar-refractivity contribution in [2.75, 3.05) is 13.1 Å². The van der Waals surface area contributed by atoms with Crippen molar-refractivity contribution in [2.45, 2.75) is 40.2 Å². The van der Waals surface area contributed by atoms with Crippen LogP contribution >= 0.6 is 0 Å². The van der Waals surface area contributed by atoms with Crippen molar-refractivity contribution < 1.29 is 4.79 Å². The Morgan fingerprint density at radius 2 is 2.17 bits per heavy atom. The third-order valence-corrected chi connectivity index (χ3v) is 4.79. The van der Waals surface area contributed by atoms with Gasteiger partial charge in [-0.1, -0.05) is 13.0 Å². The Labute approximate surface area is 138 Å². The van der Waals surface area contributed by atoms with Crippen molar-refractivity contribution in [3.8, 4) is 0 Å². The van der Waals surface area contributed by atoms with Gasteiger partial charge in [0.15, 0.2) is 0 Å². The third kappa shape index (κ3) is 3.31. The van der Waals surface area contributed by atoms with E-state index in [1.54, 1.807) is 0 Å². The first-order valence-electron chi connectivity index (χ1n) is 8.42. The molecule has 1 aliphatic heterocycles. The van der Waals surface area contributed by atoms with E-state index in [4.69, 9.17) is 0 Å². The molecule has 1 amide bonds. The van der Waals surface area contributed by atoms with Crippen LogP contribution < -0.4 is 0 Å². The predicted octanol–water partition coefficient (Wildman–Crippen LogP) is 3.42. The first-order valence-corrected chi connectivity index (χ1v) is 8.42. The van der Waals surface area contributed by atoms with E-state index in [0.717, 1.165) is 42.2 Å². The molecule has 0 saturated carbocycles. The van der Waals surface area contributed by atoms with Gasteiger partial charge in [0.25, 0.3) is 5.91 Å². The molecule has 4 heteroatoms. The van der Waals surface area contributed by atoms with Gasteiger partial charge in [-0.15, -0.1) is 0 Å². The summed E-state index contributed by atoms with van der Waals surface area (Å²) in [6, 6.07) is 7.97. The van der Waals surface area contributed by atoms with Gasteiger partial charge in [0.1, 0.15) is 0 Å². The number of likely N-dealkylation sites (tertiary alicyclic amines) is 1. The average Bonchev–Trinajstić information content (AvgIpc) is 2.83. The molecule has 23 heavy (non-hydrogen) atoms. The van der Waals surface area contributed by atoms with Crippen LogP contribution in [0, 0.1) is 19.8 Å². The number of carbonyl (C=O) groups is 1. The second kappa shape index (κ2) is 6.57. The van der Waals surface area contributed by atoms with Crippen LogP contribution in [-0.2, 0) is 6.54 Å². The lowest BCUT2D eigenvalue weighted by Crippen LogP contribution is -2.39. The van der Waals surface area contributed by atoms with E-state index in [2.05, 4.69) is 23.4 Å². The first kappa shape index (κ1) is 15.8. The van der Waals surface area contributed by atoms with Gasteiger partial charge >= 0.3 is 0 Å². The Hall–Kier alpha value is -2.10. The maximum atomic E-state index is 12.9. The molecule has 122 valence electrons. The Kier molecular flexibility index (Phi) is 4.51. The van der Waals surface area contributed by atoms with Crippen LogP contribution in [0.1, 0.15) is 47.2 Å². The molecule has 0 radical (unpaired) electrons. The van der Waals surface area contributed by atoms with Crippen LogP contribution in [0.4, 0.5) is 0 Å². The molecular weight excluding hydrogens is 286 g/mol. The van der Waals surface area contributed by atoms with Gasteiger partial charge in [-0.3, -0.25) is 9.78 Å². The highest BCUT2D eigenvalue weighted by Gasteiger charge is 2.25. The fraction of sp³-hybridized carbons (Fsp3) is 0.474. The van der Waals surface area contributed by atoms with Gasteiger partial charge in [-0.2, -0.15) is 0 Å². The number of carbonyl (C=O) groups excluding carboxylic acids is 1. The zero-order chi connectivity index (χ0) is 16.4. The normalized spacial score (nSPS) is 18.2. The maximum absolute atomic E-state index is 12.9. The molecule has 0 bridgehead atoms. The van der Waals surface area contributed by atoms with Gasteiger partial charge in [-0.05, 0) is 50.8 Å². The molecule has 1 saturated heterocycles. The van der Waals surface area contributed by atoms with Crippen molar-refractivity contribution in [3.63, 3.8) is 0 Å². The van der Waals surface area contributed by atoms with Crippen LogP contribution in [0.5, 0.6) is 0 Å². The van der Waals surface area contributed by atoms with Crippen LogP contribution in [-0.4, -0.2) is 33.4 Å². The van der Waals surface area contributed by atoms with Crippen LogP contribution in [0.3, 0.4) is 0 Å². The Morgan fingerprint density at radius 3 is 2.87 bits per heavy atom. The summed E-state index contributed by atoms with van der Waals surface area (Å²) in [4.78, 5) is 19.3. The summed E-state index contributed by atoms with van der Waals surface area (Å²) in [5.41, 5.74) is 4.00. The lowest BCUT2D eigenvalue weighted by atomic mass is 9.99. The maximum Gasteiger partial charge on any atom is 0.255 e. The molecule has 1 fully saturated rings. The average molecular weight is 311 g/mol. The summed E-state index contributed by atoms with van der Waals surface area (Å²) in [6.45, 7) is 8.80. The van der Waals surface area contributed by atoms with Crippen LogP contribution in [0.2, 0.25) is 0 Å². The summed E-state index contributed by atoms with van der Waals surface area (Å²) < 4.78 is 2.18. The highest BCUT2D eigenvalue weighted by Crippen LogP contribution is 2.22. The smallest absolute Gasteiger partial charge is 0.255 e. The monoisotopic (exact) mass is 311 g/mol. The van der Waals surface area contributed by atoms with Gasteiger partial charge in [-0.25, -0.2) is 0 Å². The topological polar surface area (TPSA) is 38.1 Å². The highest BCUT2D eigenvalue weighted by atomic mass is 16.2. The van der Waals surface area contributed by atoms with Crippen molar-refractivity contribution >= 4 is 5.91 Å². The van der Waals surface area contributed by atoms with E-state index in [-0.39, 0.29) is 5.91 Å². The lowest BCUT2D eigenvalue weighted by molar-refractivity contribution is 0.0682. The van der Waals surface area contributed by atoms with Crippen molar-refractivity contribution in [3.05, 3.63) is 53.1 Å². The number of rotatable bonds is 3. The summed E-state index contributed by atoms with van der Waals surface area (Å²) in [7, 11) is 0. The van der Waals surface area contributed by atoms with E-state index >= 15 is 0 Å². The molecule has 3 rings (SSSR count). The number of aryl methyl sites for hydroxylation is 1. The Bertz CT molecular complexity index is 690. The molecule has 2 aromatic rings. The molecule has 1 aliphatic rings. The third-order valence-electron chi connectivity index (χ3n) is 4.79. The fourth-order valence-corrected chi connectivity index (χ4v) is 3.46. The zero-order valence-corrected chi connectivity index (χ0v) is 14.2. The molecular formula is C19H25N3O. The van der Waals surface area contributed by atoms with Gasteiger partial charge in [0.2, 0.25) is 0 Å². The van der Waals surface area contributed by atoms with Crippen molar-refractivity contribution in [2.24, 2.45) is 5.92 Å². The predicted molar refractivity (Wildman–Crippen MR) is 91.5 cm³/mol. The molecule has 1 atom stereocenters. The zero-order valence-electron chi connectivity index (χ0n) is 14.2. The number of amides is 1. The van der Waals surface area contributed by atoms with Gasteiger partial charge in [0, 0.05) is 30.7 Å². The van der Waals surface area contributed by atoms with E-state index < -0.39 is 0 Å². The number of nitrogens with zero attached hydrogens (tertiary/aromatic N) is 3. The number of hydrogen-bond acceptors (Lipinski definition) is 2.